The third-order valence-electron chi connectivity index (χ3n) is 4.36. The second-order valence-electron chi connectivity index (χ2n) is 6.88. The van der Waals surface area contributed by atoms with E-state index >= 15 is 0 Å². The molecule has 0 heterocycles. The van der Waals surface area contributed by atoms with E-state index in [-0.39, 0.29) is 23.3 Å². The minimum absolute atomic E-state index is 0.0834. The highest BCUT2D eigenvalue weighted by Gasteiger charge is 2.17. The molecule has 0 aliphatic heterocycles. The van der Waals surface area contributed by atoms with Crippen LogP contribution in [-0.2, 0) is 9.59 Å². The van der Waals surface area contributed by atoms with Crippen LogP contribution in [-0.4, -0.2) is 16.9 Å². The van der Waals surface area contributed by atoms with Crippen molar-refractivity contribution in [1.29, 1.82) is 0 Å². The number of phenols is 1. The molecule has 0 radical (unpaired) electrons. The molecule has 0 aromatic heterocycles. The normalized spacial score (nSPS) is 10.3. The van der Waals surface area contributed by atoms with Crippen molar-refractivity contribution in [1.82, 2.24) is 0 Å². The molecule has 0 aliphatic carbocycles. The number of benzene rings is 3. The molecule has 3 aromatic rings. The van der Waals surface area contributed by atoms with E-state index in [1.54, 1.807) is 62.4 Å². The number of para-hydroxylation sites is 2. The predicted molar refractivity (Wildman–Crippen MR) is 119 cm³/mol. The Morgan fingerprint density at radius 3 is 1.97 bits per heavy atom. The molecule has 2 amide bonds. The maximum Gasteiger partial charge on any atom is 0.250 e. The van der Waals surface area contributed by atoms with Crippen LogP contribution in [0.25, 0.3) is 10.8 Å². The van der Waals surface area contributed by atoms with E-state index in [2.05, 4.69) is 23.8 Å². The number of aromatic hydroxyl groups is 1. The van der Waals surface area contributed by atoms with Crippen LogP contribution in [0.5, 0.6) is 17.2 Å². The fourth-order valence-corrected chi connectivity index (χ4v) is 2.75. The molecule has 30 heavy (non-hydrogen) atoms. The Morgan fingerprint density at radius 1 is 0.800 bits per heavy atom. The summed E-state index contributed by atoms with van der Waals surface area (Å²) in [6, 6.07) is 15.5. The molecule has 6 heteroatoms. The van der Waals surface area contributed by atoms with Crippen LogP contribution in [0.1, 0.15) is 13.8 Å². The quantitative estimate of drug-likeness (QED) is 0.382. The number of rotatable bonds is 6. The lowest BCUT2D eigenvalue weighted by Crippen LogP contribution is -2.13. The lowest BCUT2D eigenvalue weighted by atomic mass is 10.1. The van der Waals surface area contributed by atoms with Crippen LogP contribution in [0.3, 0.4) is 0 Å². The molecule has 0 unspecified atom stereocenters. The fraction of sp³-hybridized carbons (Fsp3) is 0.0833. The molecule has 152 valence electrons. The van der Waals surface area contributed by atoms with Gasteiger partial charge in [0.1, 0.15) is 0 Å². The highest BCUT2D eigenvalue weighted by molar-refractivity contribution is 6.10. The van der Waals surface area contributed by atoms with Crippen molar-refractivity contribution >= 4 is 34.0 Å². The molecular formula is C24H22N2O4. The monoisotopic (exact) mass is 402 g/mol. The molecule has 3 N–H and O–H groups in total. The number of carbonyl (C=O) groups is 2. The number of carbonyl (C=O) groups excluding carboxylic acids is 2. The van der Waals surface area contributed by atoms with E-state index in [1.165, 1.54) is 6.07 Å². The van der Waals surface area contributed by atoms with Crippen molar-refractivity contribution in [3.63, 3.8) is 0 Å². The first-order valence-corrected chi connectivity index (χ1v) is 9.23. The van der Waals surface area contributed by atoms with Crippen LogP contribution in [0, 0.1) is 0 Å². The third kappa shape index (κ3) is 4.33. The van der Waals surface area contributed by atoms with Crippen LogP contribution in [0.4, 0.5) is 11.4 Å². The van der Waals surface area contributed by atoms with E-state index in [9.17, 15) is 14.7 Å². The summed E-state index contributed by atoms with van der Waals surface area (Å²) >= 11 is 0. The Kier molecular flexibility index (Phi) is 5.88. The highest BCUT2D eigenvalue weighted by Crippen LogP contribution is 2.42. The Labute approximate surface area is 174 Å². The lowest BCUT2D eigenvalue weighted by molar-refractivity contribution is -0.113. The smallest absolute Gasteiger partial charge is 0.250 e. The molecule has 0 fully saturated rings. The zero-order chi connectivity index (χ0) is 21.8. The summed E-state index contributed by atoms with van der Waals surface area (Å²) in [6.45, 7) is 10.5. The van der Waals surface area contributed by atoms with E-state index in [4.69, 9.17) is 4.74 Å². The molecule has 6 nitrogen and oxygen atoms in total. The van der Waals surface area contributed by atoms with Crippen LogP contribution in [0.15, 0.2) is 78.9 Å². The van der Waals surface area contributed by atoms with E-state index in [0.717, 1.165) is 0 Å². The number of hydrogen-bond acceptors (Lipinski definition) is 4. The highest BCUT2D eigenvalue weighted by atomic mass is 16.5. The number of anilines is 2. The van der Waals surface area contributed by atoms with Gasteiger partial charge in [-0.3, -0.25) is 9.59 Å². The Morgan fingerprint density at radius 2 is 1.33 bits per heavy atom. The van der Waals surface area contributed by atoms with Crippen molar-refractivity contribution in [2.45, 2.75) is 13.8 Å². The van der Waals surface area contributed by atoms with E-state index in [0.29, 0.717) is 39.0 Å². The summed E-state index contributed by atoms with van der Waals surface area (Å²) in [7, 11) is 0. The predicted octanol–water partition coefficient (Wildman–Crippen LogP) is 5.37. The number of amides is 2. The zero-order valence-corrected chi connectivity index (χ0v) is 16.8. The van der Waals surface area contributed by atoms with Gasteiger partial charge in [0.2, 0.25) is 0 Å². The van der Waals surface area contributed by atoms with E-state index in [1.807, 2.05) is 0 Å². The van der Waals surface area contributed by atoms with Crippen molar-refractivity contribution in [2.75, 3.05) is 10.6 Å². The minimum Gasteiger partial charge on any atom is -0.504 e. The standard InChI is InChI=1S/C24H22N2O4/c1-14(2)23(28)25-18-11-7-8-12-20(18)30-21-13-19(26-24(29)15(3)4)16-9-5-6-10-17(16)22(21)27/h5-13,27H,1,3H2,2,4H3,(H,25,28)(H,26,29). The maximum absolute atomic E-state index is 12.2. The van der Waals surface area contributed by atoms with Gasteiger partial charge in [-0.25, -0.2) is 0 Å². The van der Waals surface area contributed by atoms with Gasteiger partial charge in [-0.2, -0.15) is 0 Å². The van der Waals surface area contributed by atoms with Crippen molar-refractivity contribution in [3.05, 3.63) is 78.9 Å². The molecule has 0 saturated heterocycles. The molecule has 0 atom stereocenters. The number of fused-ring (bicyclic) bond motifs is 1. The first kappa shape index (κ1) is 20.7. The van der Waals surface area contributed by atoms with Crippen molar-refractivity contribution < 1.29 is 19.4 Å². The first-order valence-electron chi connectivity index (χ1n) is 9.23. The summed E-state index contributed by atoms with van der Waals surface area (Å²) < 4.78 is 5.94. The molecule has 0 bridgehead atoms. The van der Waals surface area contributed by atoms with Gasteiger partial charge in [0.15, 0.2) is 17.2 Å². The Balaban J connectivity index is 2.06. The van der Waals surface area contributed by atoms with Gasteiger partial charge < -0.3 is 20.5 Å². The third-order valence-corrected chi connectivity index (χ3v) is 4.36. The topological polar surface area (TPSA) is 87.7 Å². The Bertz CT molecular complexity index is 1180. The average molecular weight is 402 g/mol. The molecule has 0 saturated carbocycles. The molecule has 3 rings (SSSR count). The second kappa shape index (κ2) is 8.53. The maximum atomic E-state index is 12.2. The van der Waals surface area contributed by atoms with Gasteiger partial charge in [-0.05, 0) is 26.0 Å². The zero-order valence-electron chi connectivity index (χ0n) is 16.8. The molecule has 0 aliphatic rings. The van der Waals surface area contributed by atoms with Gasteiger partial charge in [0.25, 0.3) is 11.8 Å². The number of hydrogen-bond donors (Lipinski definition) is 3. The average Bonchev–Trinajstić information content (AvgIpc) is 2.72. The van der Waals surface area contributed by atoms with Gasteiger partial charge in [-0.1, -0.05) is 49.6 Å². The first-order chi connectivity index (χ1) is 14.3. The van der Waals surface area contributed by atoms with E-state index < -0.39 is 0 Å². The Hall–Kier alpha value is -4.06. The van der Waals surface area contributed by atoms with Crippen molar-refractivity contribution in [3.8, 4) is 17.2 Å². The molecular weight excluding hydrogens is 380 g/mol. The number of nitrogens with one attached hydrogen (secondary N) is 2. The molecule has 3 aromatic carbocycles. The SMILES string of the molecule is C=C(C)C(=O)Nc1ccccc1Oc1cc(NC(=O)C(=C)C)c2ccccc2c1O. The number of phenolic OH excluding ortho intramolecular Hbond substituents is 1. The second-order valence-corrected chi connectivity index (χ2v) is 6.88. The fourth-order valence-electron chi connectivity index (χ4n) is 2.75. The minimum atomic E-state index is -0.344. The van der Waals surface area contributed by atoms with Crippen LogP contribution >= 0.6 is 0 Å². The van der Waals surface area contributed by atoms with Gasteiger partial charge in [-0.15, -0.1) is 0 Å². The lowest BCUT2D eigenvalue weighted by Gasteiger charge is -2.16. The largest absolute Gasteiger partial charge is 0.504 e. The summed E-state index contributed by atoms with van der Waals surface area (Å²) in [5.41, 5.74) is 1.59. The van der Waals surface area contributed by atoms with Crippen molar-refractivity contribution in [2.24, 2.45) is 0 Å². The summed E-state index contributed by atoms with van der Waals surface area (Å²) in [5.74, 6) is -0.313. The van der Waals surface area contributed by atoms with Crippen LogP contribution in [0.2, 0.25) is 0 Å². The van der Waals surface area contributed by atoms with Gasteiger partial charge in [0.05, 0.1) is 11.4 Å². The van der Waals surface area contributed by atoms with Gasteiger partial charge in [0, 0.05) is 28.0 Å². The molecule has 0 spiro atoms. The summed E-state index contributed by atoms with van der Waals surface area (Å²) in [4.78, 5) is 24.2. The van der Waals surface area contributed by atoms with Gasteiger partial charge >= 0.3 is 0 Å². The summed E-state index contributed by atoms with van der Waals surface area (Å²) in [5, 5.41) is 17.5. The summed E-state index contributed by atoms with van der Waals surface area (Å²) in [6.07, 6.45) is 0. The number of ether oxygens (including phenoxy) is 1. The van der Waals surface area contributed by atoms with Crippen LogP contribution < -0.4 is 15.4 Å².